The highest BCUT2D eigenvalue weighted by Crippen LogP contribution is 2.34. The summed E-state index contributed by atoms with van der Waals surface area (Å²) in [5.74, 6) is -2.72. The maximum atomic E-state index is 14.3. The van der Waals surface area contributed by atoms with Crippen LogP contribution in [0.25, 0.3) is 0 Å². The number of urea groups is 1. The van der Waals surface area contributed by atoms with Gasteiger partial charge in [-0.05, 0) is 67.6 Å². The lowest BCUT2D eigenvalue weighted by molar-refractivity contribution is -0.148. The fourth-order valence-electron chi connectivity index (χ4n) is 6.17. The minimum Gasteiger partial charge on any atom is -0.464 e. The van der Waals surface area contributed by atoms with Crippen LogP contribution in [0.5, 0.6) is 0 Å². The van der Waals surface area contributed by atoms with Crippen molar-refractivity contribution < 1.29 is 33.5 Å². The summed E-state index contributed by atoms with van der Waals surface area (Å²) in [5.41, 5.74) is -0.742. The van der Waals surface area contributed by atoms with Gasteiger partial charge in [-0.1, -0.05) is 60.5 Å². The number of Topliss-reactive ketones (excluding diaryl/α,β-unsaturated/α-hetero) is 1. The summed E-state index contributed by atoms with van der Waals surface area (Å²) in [6.07, 6.45) is 7.51. The SMILES string of the molecule is C=CCNC(=O)C(=O)C(CCC)NC(=O)[C@@H]1[C@@H](C(C)C)CCN1C(=O)[C@@H](NC(=O)N[C@H](C(=O)OCC1CC1)C1CCC1)C(C)(C)C. The van der Waals surface area contributed by atoms with Gasteiger partial charge in [0.1, 0.15) is 18.1 Å². The van der Waals surface area contributed by atoms with Gasteiger partial charge in [-0.25, -0.2) is 9.59 Å². The maximum Gasteiger partial charge on any atom is 0.328 e. The van der Waals surface area contributed by atoms with Crippen molar-refractivity contribution in [1.82, 2.24) is 26.2 Å². The summed E-state index contributed by atoms with van der Waals surface area (Å²) in [6, 6.07) is -4.40. The molecule has 258 valence electrons. The van der Waals surface area contributed by atoms with Crippen LogP contribution in [0.15, 0.2) is 12.7 Å². The zero-order chi connectivity index (χ0) is 34.2. The second-order valence-corrected chi connectivity index (χ2v) is 14.5. The first-order valence-electron chi connectivity index (χ1n) is 17.0. The fraction of sp³-hybridized carbons (Fsp3) is 0.765. The molecular formula is C34H55N5O7. The van der Waals surface area contributed by atoms with E-state index >= 15 is 0 Å². The summed E-state index contributed by atoms with van der Waals surface area (Å²) in [5, 5.41) is 10.9. The van der Waals surface area contributed by atoms with E-state index in [-0.39, 0.29) is 30.7 Å². The van der Waals surface area contributed by atoms with Gasteiger partial charge in [-0.3, -0.25) is 19.2 Å². The molecule has 2 saturated carbocycles. The number of esters is 1. The Kier molecular flexibility index (Phi) is 13.2. The van der Waals surface area contributed by atoms with Crippen molar-refractivity contribution in [2.24, 2.45) is 29.1 Å². The number of nitrogens with one attached hydrogen (secondary N) is 4. The van der Waals surface area contributed by atoms with Crippen molar-refractivity contribution in [1.29, 1.82) is 0 Å². The van der Waals surface area contributed by atoms with E-state index in [1.165, 1.54) is 11.0 Å². The van der Waals surface area contributed by atoms with Crippen molar-refractivity contribution in [3.63, 3.8) is 0 Å². The first kappa shape index (κ1) is 37.0. The van der Waals surface area contributed by atoms with E-state index in [1.807, 2.05) is 41.5 Å². The van der Waals surface area contributed by atoms with E-state index < -0.39 is 65.1 Å². The first-order valence-corrected chi connectivity index (χ1v) is 17.0. The van der Waals surface area contributed by atoms with E-state index in [4.69, 9.17) is 4.74 Å². The Morgan fingerprint density at radius 1 is 0.978 bits per heavy atom. The van der Waals surface area contributed by atoms with Crippen LogP contribution in [0.3, 0.4) is 0 Å². The summed E-state index contributed by atoms with van der Waals surface area (Å²) in [7, 11) is 0. The lowest BCUT2D eigenvalue weighted by atomic mass is 9.79. The number of rotatable bonds is 16. The molecule has 5 atom stereocenters. The average Bonchev–Trinajstić information content (AvgIpc) is 3.69. The number of ether oxygens (including phenoxy) is 1. The first-order chi connectivity index (χ1) is 21.7. The Hall–Kier alpha value is -3.44. The van der Waals surface area contributed by atoms with E-state index in [0.717, 1.165) is 32.1 Å². The maximum absolute atomic E-state index is 14.3. The summed E-state index contributed by atoms with van der Waals surface area (Å²) in [6.45, 7) is 15.6. The van der Waals surface area contributed by atoms with Crippen molar-refractivity contribution in [2.45, 2.75) is 117 Å². The molecule has 0 spiro atoms. The Morgan fingerprint density at radius 2 is 1.65 bits per heavy atom. The van der Waals surface area contributed by atoms with E-state index in [0.29, 0.717) is 31.9 Å². The molecule has 3 rings (SSSR count). The molecule has 1 heterocycles. The van der Waals surface area contributed by atoms with Crippen molar-refractivity contribution in [2.75, 3.05) is 19.7 Å². The van der Waals surface area contributed by atoms with Gasteiger partial charge >= 0.3 is 12.0 Å². The molecule has 12 nitrogen and oxygen atoms in total. The largest absolute Gasteiger partial charge is 0.464 e. The van der Waals surface area contributed by atoms with Crippen LogP contribution in [-0.2, 0) is 28.7 Å². The molecule has 1 aliphatic heterocycles. The van der Waals surface area contributed by atoms with Crippen molar-refractivity contribution in [3.05, 3.63) is 12.7 Å². The average molecular weight is 646 g/mol. The molecule has 3 aliphatic rings. The smallest absolute Gasteiger partial charge is 0.328 e. The lowest BCUT2D eigenvalue weighted by Crippen LogP contribution is -2.62. The van der Waals surface area contributed by atoms with Crippen LogP contribution in [0.1, 0.15) is 92.9 Å². The van der Waals surface area contributed by atoms with E-state index in [1.54, 1.807) is 0 Å². The Morgan fingerprint density at radius 3 is 2.17 bits per heavy atom. The number of ketones is 1. The third-order valence-electron chi connectivity index (χ3n) is 9.40. The summed E-state index contributed by atoms with van der Waals surface area (Å²) in [4.78, 5) is 81.3. The number of likely N-dealkylation sites (tertiary alicyclic amines) is 1. The molecule has 0 bridgehead atoms. The van der Waals surface area contributed by atoms with Crippen LogP contribution in [-0.4, -0.2) is 84.3 Å². The minimum atomic E-state index is -1.04. The Bertz CT molecular complexity index is 1140. The Balaban J connectivity index is 1.78. The molecule has 3 fully saturated rings. The number of nitrogens with zero attached hydrogens (tertiary/aromatic N) is 1. The van der Waals surface area contributed by atoms with Gasteiger partial charge in [0.25, 0.3) is 5.91 Å². The van der Waals surface area contributed by atoms with Gasteiger partial charge in [0.05, 0.1) is 12.6 Å². The molecule has 0 aromatic carbocycles. The predicted molar refractivity (Wildman–Crippen MR) is 173 cm³/mol. The minimum absolute atomic E-state index is 0.0164. The predicted octanol–water partition coefficient (Wildman–Crippen LogP) is 2.85. The zero-order valence-electron chi connectivity index (χ0n) is 28.5. The highest BCUT2D eigenvalue weighted by atomic mass is 16.5. The normalized spacial score (nSPS) is 21.8. The molecule has 5 amide bonds. The number of hydrogen-bond acceptors (Lipinski definition) is 7. The second-order valence-electron chi connectivity index (χ2n) is 14.5. The molecule has 0 aromatic rings. The fourth-order valence-corrected chi connectivity index (χ4v) is 6.17. The third-order valence-corrected chi connectivity index (χ3v) is 9.40. The number of hydrogen-bond donors (Lipinski definition) is 4. The molecular weight excluding hydrogens is 590 g/mol. The molecule has 2 aliphatic carbocycles. The highest BCUT2D eigenvalue weighted by molar-refractivity contribution is 6.38. The lowest BCUT2D eigenvalue weighted by Gasteiger charge is -2.38. The summed E-state index contributed by atoms with van der Waals surface area (Å²) < 4.78 is 5.51. The van der Waals surface area contributed by atoms with Crippen molar-refractivity contribution >= 4 is 35.5 Å². The standard InChI is InChI=1S/C34H55N5O7/c1-8-11-24(27(40)30(42)35-17-9-2)36-29(41)26-23(20(3)4)16-18-39(26)31(43)28(34(5,6)7)38-33(45)37-25(22-12-10-13-22)32(44)46-19-21-14-15-21/h9,20-26,28H,2,8,10-19H2,1,3-7H3,(H,35,42)(H,36,41)(H2,37,38,45)/t23-,24?,25+,26+,28-/m1/s1. The molecule has 12 heteroatoms. The van der Waals surface area contributed by atoms with E-state index in [2.05, 4.69) is 27.8 Å². The van der Waals surface area contributed by atoms with Crippen LogP contribution in [0.2, 0.25) is 0 Å². The number of carbonyl (C=O) groups is 6. The molecule has 4 N–H and O–H groups in total. The molecule has 1 saturated heterocycles. The molecule has 0 radical (unpaired) electrons. The topological polar surface area (TPSA) is 163 Å². The van der Waals surface area contributed by atoms with Gasteiger partial charge in [-0.15, -0.1) is 6.58 Å². The van der Waals surface area contributed by atoms with Crippen molar-refractivity contribution in [3.8, 4) is 0 Å². The van der Waals surface area contributed by atoms with E-state index in [9.17, 15) is 28.8 Å². The zero-order valence-corrected chi connectivity index (χ0v) is 28.5. The summed E-state index contributed by atoms with van der Waals surface area (Å²) >= 11 is 0. The molecule has 1 unspecified atom stereocenters. The second kappa shape index (κ2) is 16.4. The van der Waals surface area contributed by atoms with Crippen LogP contribution in [0.4, 0.5) is 4.79 Å². The monoisotopic (exact) mass is 645 g/mol. The van der Waals surface area contributed by atoms with Crippen LogP contribution >= 0.6 is 0 Å². The van der Waals surface area contributed by atoms with Gasteiger partial charge in [-0.2, -0.15) is 0 Å². The molecule has 0 aromatic heterocycles. The van der Waals surface area contributed by atoms with Gasteiger partial charge in [0.2, 0.25) is 17.6 Å². The Labute approximate surface area is 273 Å². The van der Waals surface area contributed by atoms with Gasteiger partial charge < -0.3 is 30.9 Å². The number of amides is 5. The molecule has 46 heavy (non-hydrogen) atoms. The number of carbonyl (C=O) groups excluding carboxylic acids is 6. The van der Waals surface area contributed by atoms with Gasteiger partial charge in [0.15, 0.2) is 0 Å². The van der Waals surface area contributed by atoms with Crippen LogP contribution < -0.4 is 21.3 Å². The highest BCUT2D eigenvalue weighted by Gasteiger charge is 2.48. The quantitative estimate of drug-likeness (QED) is 0.114. The van der Waals surface area contributed by atoms with Gasteiger partial charge in [0, 0.05) is 13.1 Å². The third kappa shape index (κ3) is 9.78. The van der Waals surface area contributed by atoms with Crippen LogP contribution in [0, 0.1) is 29.1 Å².